The third-order valence-electron chi connectivity index (χ3n) is 3.98. The Hall–Kier alpha value is -3.42. The van der Waals surface area contributed by atoms with Crippen LogP contribution in [0.1, 0.15) is 37.8 Å². The number of benzene rings is 2. The smallest absolute Gasteiger partial charge is 0.407 e. The molecule has 2 aromatic carbocycles. The summed E-state index contributed by atoms with van der Waals surface area (Å²) in [5.41, 5.74) is 0.751. The van der Waals surface area contributed by atoms with Gasteiger partial charge in [0.1, 0.15) is 5.60 Å². The van der Waals surface area contributed by atoms with Crippen LogP contribution in [0.3, 0.4) is 0 Å². The molecule has 8 heteroatoms. The monoisotopic (exact) mass is 399 g/mol. The third-order valence-corrected chi connectivity index (χ3v) is 3.98. The van der Waals surface area contributed by atoms with Crippen molar-refractivity contribution < 1.29 is 19.2 Å². The number of nitro benzene ring substituents is 1. The summed E-state index contributed by atoms with van der Waals surface area (Å²) in [5, 5.41) is 16.3. The minimum atomic E-state index is -0.730. The first kappa shape index (κ1) is 21.9. The molecule has 2 rings (SSSR count). The van der Waals surface area contributed by atoms with Gasteiger partial charge in [-0.25, -0.2) is 4.79 Å². The maximum absolute atomic E-state index is 12.8. The topological polar surface area (TPSA) is 111 Å². The standard InChI is InChI=1S/C21H25N3O5/c1-21(2,3)29-20(26)23-14-18(16-9-11-17(12-10-16)24(27)28)19(25)22-13-15-7-5-4-6-8-15/h4-12,18H,13-14H2,1-3H3,(H,22,25)(H,23,26)/t18-/m0/s1. The largest absolute Gasteiger partial charge is 0.444 e. The second-order valence-corrected chi connectivity index (χ2v) is 7.49. The molecule has 0 saturated carbocycles. The van der Waals surface area contributed by atoms with Gasteiger partial charge < -0.3 is 15.4 Å². The lowest BCUT2D eigenvalue weighted by Crippen LogP contribution is -2.39. The number of hydrogen-bond acceptors (Lipinski definition) is 5. The van der Waals surface area contributed by atoms with Crippen LogP contribution in [0.25, 0.3) is 0 Å². The summed E-state index contributed by atoms with van der Waals surface area (Å²) in [7, 11) is 0. The molecule has 0 heterocycles. The van der Waals surface area contributed by atoms with Gasteiger partial charge in [0.2, 0.25) is 5.91 Å². The van der Waals surface area contributed by atoms with Gasteiger partial charge in [-0.1, -0.05) is 42.5 Å². The zero-order valence-electron chi connectivity index (χ0n) is 16.7. The molecular weight excluding hydrogens is 374 g/mol. The summed E-state index contributed by atoms with van der Waals surface area (Å²) in [4.78, 5) is 35.2. The third kappa shape index (κ3) is 7.25. The molecule has 0 unspecified atom stereocenters. The number of alkyl carbamates (subject to hydrolysis) is 1. The van der Waals surface area contributed by atoms with Crippen LogP contribution >= 0.6 is 0 Å². The van der Waals surface area contributed by atoms with Crippen LogP contribution in [0, 0.1) is 10.1 Å². The maximum Gasteiger partial charge on any atom is 0.407 e. The Morgan fingerprint density at radius 3 is 2.21 bits per heavy atom. The molecule has 0 aliphatic rings. The number of ether oxygens (including phenoxy) is 1. The van der Waals surface area contributed by atoms with Crippen LogP contribution in [0.4, 0.5) is 10.5 Å². The lowest BCUT2D eigenvalue weighted by Gasteiger charge is -2.22. The molecule has 8 nitrogen and oxygen atoms in total. The van der Waals surface area contributed by atoms with Crippen LogP contribution in [-0.2, 0) is 16.1 Å². The molecule has 0 fully saturated rings. The van der Waals surface area contributed by atoms with Crippen LogP contribution < -0.4 is 10.6 Å². The molecule has 2 aromatic rings. The van der Waals surface area contributed by atoms with Gasteiger partial charge in [0.15, 0.2) is 0 Å². The van der Waals surface area contributed by atoms with Crippen molar-refractivity contribution >= 4 is 17.7 Å². The second kappa shape index (κ2) is 9.68. The Labute approximate surface area is 169 Å². The molecule has 0 aliphatic heterocycles. The van der Waals surface area contributed by atoms with Crippen LogP contribution in [0.2, 0.25) is 0 Å². The highest BCUT2D eigenvalue weighted by Crippen LogP contribution is 2.20. The molecule has 0 aromatic heterocycles. The van der Waals surface area contributed by atoms with E-state index in [4.69, 9.17) is 4.74 Å². The number of rotatable bonds is 7. The molecule has 0 bridgehead atoms. The first-order valence-electron chi connectivity index (χ1n) is 9.18. The van der Waals surface area contributed by atoms with E-state index in [1.807, 2.05) is 30.3 Å². The SMILES string of the molecule is CC(C)(C)OC(=O)NC[C@H](C(=O)NCc1ccccc1)c1ccc([N+](=O)[O-])cc1. The summed E-state index contributed by atoms with van der Waals surface area (Å²) in [5.74, 6) is -1.04. The summed E-state index contributed by atoms with van der Waals surface area (Å²) >= 11 is 0. The van der Waals surface area contributed by atoms with E-state index >= 15 is 0 Å². The lowest BCUT2D eigenvalue weighted by atomic mass is 9.97. The van der Waals surface area contributed by atoms with Crippen molar-refractivity contribution in [3.8, 4) is 0 Å². The van der Waals surface area contributed by atoms with E-state index in [1.54, 1.807) is 20.8 Å². The average Bonchev–Trinajstić information content (AvgIpc) is 2.66. The molecule has 0 aliphatic carbocycles. The van der Waals surface area contributed by atoms with Crippen molar-refractivity contribution in [1.82, 2.24) is 10.6 Å². The van der Waals surface area contributed by atoms with E-state index < -0.39 is 22.5 Å². The Kier molecular flexibility index (Phi) is 7.30. The normalized spacial score (nSPS) is 12.0. The molecular formula is C21H25N3O5. The van der Waals surface area contributed by atoms with Gasteiger partial charge in [0.05, 0.1) is 10.8 Å². The fourth-order valence-electron chi connectivity index (χ4n) is 2.60. The van der Waals surface area contributed by atoms with Gasteiger partial charge in [-0.2, -0.15) is 0 Å². The van der Waals surface area contributed by atoms with E-state index in [1.165, 1.54) is 24.3 Å². The zero-order valence-corrected chi connectivity index (χ0v) is 16.7. The Bertz CT molecular complexity index is 845. The van der Waals surface area contributed by atoms with E-state index in [-0.39, 0.29) is 18.1 Å². The quantitative estimate of drug-likeness (QED) is 0.547. The zero-order chi connectivity index (χ0) is 21.4. The molecule has 29 heavy (non-hydrogen) atoms. The minimum Gasteiger partial charge on any atom is -0.444 e. The van der Waals surface area contributed by atoms with Gasteiger partial charge in [-0.15, -0.1) is 0 Å². The second-order valence-electron chi connectivity index (χ2n) is 7.49. The van der Waals surface area contributed by atoms with Crippen molar-refractivity contribution in [2.45, 2.75) is 38.8 Å². The van der Waals surface area contributed by atoms with Gasteiger partial charge in [0, 0.05) is 25.2 Å². The number of nitrogens with zero attached hydrogens (tertiary/aromatic N) is 1. The number of amides is 2. The highest BCUT2D eigenvalue weighted by Gasteiger charge is 2.24. The number of carbonyl (C=O) groups excluding carboxylic acids is 2. The van der Waals surface area contributed by atoms with Gasteiger partial charge in [-0.05, 0) is 31.9 Å². The van der Waals surface area contributed by atoms with Gasteiger partial charge in [0.25, 0.3) is 5.69 Å². The van der Waals surface area contributed by atoms with Crippen molar-refractivity contribution in [3.63, 3.8) is 0 Å². The van der Waals surface area contributed by atoms with E-state index in [2.05, 4.69) is 10.6 Å². The Balaban J connectivity index is 2.12. The predicted molar refractivity (Wildman–Crippen MR) is 108 cm³/mol. The average molecular weight is 399 g/mol. The van der Waals surface area contributed by atoms with E-state index in [0.717, 1.165) is 5.56 Å². The minimum absolute atomic E-state index is 0.00660. The van der Waals surface area contributed by atoms with Gasteiger partial charge >= 0.3 is 6.09 Å². The van der Waals surface area contributed by atoms with Crippen molar-refractivity contribution in [2.24, 2.45) is 0 Å². The highest BCUT2D eigenvalue weighted by molar-refractivity contribution is 5.84. The molecule has 2 amide bonds. The van der Waals surface area contributed by atoms with Crippen molar-refractivity contribution in [1.29, 1.82) is 0 Å². The van der Waals surface area contributed by atoms with Crippen LogP contribution in [0.15, 0.2) is 54.6 Å². The van der Waals surface area contributed by atoms with E-state index in [9.17, 15) is 19.7 Å². The molecule has 0 saturated heterocycles. The van der Waals surface area contributed by atoms with Crippen molar-refractivity contribution in [2.75, 3.05) is 6.54 Å². The first-order valence-corrected chi connectivity index (χ1v) is 9.18. The number of non-ortho nitro benzene ring substituents is 1. The predicted octanol–water partition coefficient (Wildman–Crippen LogP) is 3.52. The number of nitro groups is 1. The molecule has 0 radical (unpaired) electrons. The lowest BCUT2D eigenvalue weighted by molar-refractivity contribution is -0.384. The molecule has 0 spiro atoms. The van der Waals surface area contributed by atoms with Crippen LogP contribution in [-0.4, -0.2) is 29.1 Å². The highest BCUT2D eigenvalue weighted by atomic mass is 16.6. The fraction of sp³-hybridized carbons (Fsp3) is 0.333. The number of carbonyl (C=O) groups is 2. The molecule has 2 N–H and O–H groups in total. The summed E-state index contributed by atoms with van der Waals surface area (Å²) in [6.07, 6.45) is -0.639. The van der Waals surface area contributed by atoms with Crippen LogP contribution in [0.5, 0.6) is 0 Å². The maximum atomic E-state index is 12.8. The number of nitrogens with one attached hydrogen (secondary N) is 2. The first-order chi connectivity index (χ1) is 13.7. The van der Waals surface area contributed by atoms with E-state index in [0.29, 0.717) is 12.1 Å². The molecule has 1 atom stereocenters. The fourth-order valence-corrected chi connectivity index (χ4v) is 2.60. The Morgan fingerprint density at radius 1 is 1.03 bits per heavy atom. The number of hydrogen-bond donors (Lipinski definition) is 2. The Morgan fingerprint density at radius 2 is 1.66 bits per heavy atom. The summed E-state index contributed by atoms with van der Waals surface area (Å²) in [6.45, 7) is 5.55. The van der Waals surface area contributed by atoms with Gasteiger partial charge in [-0.3, -0.25) is 14.9 Å². The summed E-state index contributed by atoms with van der Waals surface area (Å²) in [6, 6.07) is 15.1. The summed E-state index contributed by atoms with van der Waals surface area (Å²) < 4.78 is 5.21. The van der Waals surface area contributed by atoms with Crippen molar-refractivity contribution in [3.05, 3.63) is 75.8 Å². The molecule has 154 valence electrons.